The molecule has 4 heteroatoms. The van der Waals surface area contributed by atoms with Crippen LogP contribution in [0.15, 0.2) is 42.5 Å². The predicted octanol–water partition coefficient (Wildman–Crippen LogP) is 1.86. The van der Waals surface area contributed by atoms with Gasteiger partial charge in [0.15, 0.2) is 0 Å². The van der Waals surface area contributed by atoms with Gasteiger partial charge >= 0.3 is 0 Å². The minimum Gasteiger partial charge on any atom is -0.507 e. The Morgan fingerprint density at radius 2 is 1.79 bits per heavy atom. The second-order valence-corrected chi connectivity index (χ2v) is 4.64. The number of benzene rings is 1. The number of phenolic OH excluding ortho intramolecular Hbond substituents is 1. The van der Waals surface area contributed by atoms with Gasteiger partial charge in [-0.05, 0) is 24.3 Å². The van der Waals surface area contributed by atoms with Gasteiger partial charge in [0.2, 0.25) is 0 Å². The summed E-state index contributed by atoms with van der Waals surface area (Å²) < 4.78 is 0. The molecular formula is C15H17N3O. The summed E-state index contributed by atoms with van der Waals surface area (Å²) in [5.74, 6) is 1.25. The number of hydrogen-bond acceptors (Lipinski definition) is 4. The van der Waals surface area contributed by atoms with Crippen molar-refractivity contribution >= 4 is 5.82 Å². The third-order valence-electron chi connectivity index (χ3n) is 3.36. The van der Waals surface area contributed by atoms with E-state index in [0.29, 0.717) is 0 Å². The Kier molecular flexibility index (Phi) is 3.33. The van der Waals surface area contributed by atoms with Crippen LogP contribution in [0.5, 0.6) is 5.75 Å². The number of piperazine rings is 1. The summed E-state index contributed by atoms with van der Waals surface area (Å²) in [5, 5.41) is 13.2. The Hall–Kier alpha value is -2.07. The van der Waals surface area contributed by atoms with Crippen molar-refractivity contribution in [2.24, 2.45) is 0 Å². The summed E-state index contributed by atoms with van der Waals surface area (Å²) in [7, 11) is 0. The first-order valence-electron chi connectivity index (χ1n) is 6.56. The lowest BCUT2D eigenvalue weighted by atomic mass is 10.1. The van der Waals surface area contributed by atoms with Gasteiger partial charge in [0, 0.05) is 31.7 Å². The molecule has 2 N–H and O–H groups in total. The van der Waals surface area contributed by atoms with Gasteiger partial charge in [0.25, 0.3) is 0 Å². The van der Waals surface area contributed by atoms with E-state index in [2.05, 4.69) is 15.2 Å². The van der Waals surface area contributed by atoms with Crippen LogP contribution >= 0.6 is 0 Å². The van der Waals surface area contributed by atoms with Crippen LogP contribution in [0.25, 0.3) is 11.3 Å². The molecule has 1 aliphatic heterocycles. The molecule has 0 radical (unpaired) electrons. The molecule has 1 aliphatic rings. The molecule has 19 heavy (non-hydrogen) atoms. The number of pyridine rings is 1. The molecule has 3 rings (SSSR count). The molecule has 4 nitrogen and oxygen atoms in total. The zero-order valence-electron chi connectivity index (χ0n) is 10.7. The molecule has 98 valence electrons. The second-order valence-electron chi connectivity index (χ2n) is 4.64. The van der Waals surface area contributed by atoms with Gasteiger partial charge in [-0.3, -0.25) is 0 Å². The Morgan fingerprint density at radius 3 is 2.58 bits per heavy atom. The monoisotopic (exact) mass is 255 g/mol. The van der Waals surface area contributed by atoms with E-state index in [-0.39, 0.29) is 5.75 Å². The quantitative estimate of drug-likeness (QED) is 0.860. The largest absolute Gasteiger partial charge is 0.507 e. The van der Waals surface area contributed by atoms with Crippen molar-refractivity contribution in [3.05, 3.63) is 42.5 Å². The van der Waals surface area contributed by atoms with E-state index in [9.17, 15) is 5.11 Å². The average Bonchev–Trinajstić information content (AvgIpc) is 2.49. The standard InChI is InChI=1S/C15H17N3O/c19-14-6-2-1-4-12(14)13-5-3-7-15(17-13)18-10-8-16-9-11-18/h1-7,16,19H,8-11H2. The zero-order chi connectivity index (χ0) is 13.1. The summed E-state index contributed by atoms with van der Waals surface area (Å²) in [5.41, 5.74) is 1.59. The third kappa shape index (κ3) is 2.53. The van der Waals surface area contributed by atoms with Crippen molar-refractivity contribution in [2.75, 3.05) is 31.1 Å². The molecule has 0 bridgehead atoms. The van der Waals surface area contributed by atoms with Crippen molar-refractivity contribution in [2.45, 2.75) is 0 Å². The van der Waals surface area contributed by atoms with Crippen LogP contribution in [-0.2, 0) is 0 Å². The minimum absolute atomic E-state index is 0.271. The maximum absolute atomic E-state index is 9.90. The highest BCUT2D eigenvalue weighted by Crippen LogP contribution is 2.28. The molecule has 0 aliphatic carbocycles. The van der Waals surface area contributed by atoms with Crippen molar-refractivity contribution in [3.8, 4) is 17.0 Å². The Labute approximate surface area is 112 Å². The van der Waals surface area contributed by atoms with Crippen molar-refractivity contribution in [1.82, 2.24) is 10.3 Å². The molecule has 0 amide bonds. The fraction of sp³-hybridized carbons (Fsp3) is 0.267. The number of phenols is 1. The fourth-order valence-electron chi connectivity index (χ4n) is 2.33. The molecule has 1 aromatic carbocycles. The number of anilines is 1. The maximum atomic E-state index is 9.90. The van der Waals surface area contributed by atoms with Crippen molar-refractivity contribution < 1.29 is 5.11 Å². The summed E-state index contributed by atoms with van der Waals surface area (Å²) in [6.45, 7) is 3.92. The highest BCUT2D eigenvalue weighted by atomic mass is 16.3. The number of nitrogens with one attached hydrogen (secondary N) is 1. The lowest BCUT2D eigenvalue weighted by Gasteiger charge is -2.28. The molecule has 0 atom stereocenters. The number of nitrogens with zero attached hydrogens (tertiary/aromatic N) is 2. The third-order valence-corrected chi connectivity index (χ3v) is 3.36. The van der Waals surface area contributed by atoms with Gasteiger partial charge in [-0.25, -0.2) is 4.98 Å². The highest BCUT2D eigenvalue weighted by Gasteiger charge is 2.13. The van der Waals surface area contributed by atoms with Crippen LogP contribution in [0.4, 0.5) is 5.82 Å². The van der Waals surface area contributed by atoms with E-state index in [1.54, 1.807) is 6.07 Å². The normalized spacial score (nSPS) is 15.5. The average molecular weight is 255 g/mol. The van der Waals surface area contributed by atoms with E-state index < -0.39 is 0 Å². The SMILES string of the molecule is Oc1ccccc1-c1cccc(N2CCNCC2)n1. The first kappa shape index (κ1) is 12.0. The van der Waals surface area contributed by atoms with Gasteiger partial charge in [-0.1, -0.05) is 18.2 Å². The van der Waals surface area contributed by atoms with Crippen molar-refractivity contribution in [1.29, 1.82) is 0 Å². The molecule has 0 spiro atoms. The first-order valence-corrected chi connectivity index (χ1v) is 6.56. The van der Waals surface area contributed by atoms with E-state index in [4.69, 9.17) is 0 Å². The Bertz CT molecular complexity index is 565. The number of hydrogen-bond donors (Lipinski definition) is 2. The van der Waals surface area contributed by atoms with Gasteiger partial charge in [0.05, 0.1) is 5.69 Å². The van der Waals surface area contributed by atoms with Crippen LogP contribution in [0.1, 0.15) is 0 Å². The van der Waals surface area contributed by atoms with Gasteiger partial charge in [-0.2, -0.15) is 0 Å². The summed E-state index contributed by atoms with van der Waals surface area (Å²) in [4.78, 5) is 6.93. The smallest absolute Gasteiger partial charge is 0.129 e. The van der Waals surface area contributed by atoms with E-state index in [1.165, 1.54) is 0 Å². The molecule has 2 heterocycles. The molecule has 1 fully saturated rings. The lowest BCUT2D eigenvalue weighted by Crippen LogP contribution is -2.43. The first-order chi connectivity index (χ1) is 9.34. The van der Waals surface area contributed by atoms with E-state index >= 15 is 0 Å². The zero-order valence-corrected chi connectivity index (χ0v) is 10.7. The van der Waals surface area contributed by atoms with Crippen LogP contribution in [0.3, 0.4) is 0 Å². The fourth-order valence-corrected chi connectivity index (χ4v) is 2.33. The number of para-hydroxylation sites is 1. The topological polar surface area (TPSA) is 48.4 Å². The molecule has 1 saturated heterocycles. The maximum Gasteiger partial charge on any atom is 0.129 e. The molecule has 0 unspecified atom stereocenters. The van der Waals surface area contributed by atoms with Gasteiger partial charge < -0.3 is 15.3 Å². The van der Waals surface area contributed by atoms with Crippen LogP contribution in [0, 0.1) is 0 Å². The van der Waals surface area contributed by atoms with Crippen LogP contribution in [-0.4, -0.2) is 36.3 Å². The minimum atomic E-state index is 0.271. The molecule has 2 aromatic rings. The predicted molar refractivity (Wildman–Crippen MR) is 76.4 cm³/mol. The highest BCUT2D eigenvalue weighted by molar-refractivity contribution is 5.68. The lowest BCUT2D eigenvalue weighted by molar-refractivity contribution is 0.477. The van der Waals surface area contributed by atoms with Crippen LogP contribution < -0.4 is 10.2 Å². The van der Waals surface area contributed by atoms with E-state index in [0.717, 1.165) is 43.3 Å². The number of aromatic hydroxyl groups is 1. The van der Waals surface area contributed by atoms with E-state index in [1.807, 2.05) is 36.4 Å². The molecular weight excluding hydrogens is 238 g/mol. The number of rotatable bonds is 2. The molecule has 1 aromatic heterocycles. The Balaban J connectivity index is 1.93. The summed E-state index contributed by atoms with van der Waals surface area (Å²) in [6.07, 6.45) is 0. The van der Waals surface area contributed by atoms with Crippen molar-refractivity contribution in [3.63, 3.8) is 0 Å². The number of aromatic nitrogens is 1. The van der Waals surface area contributed by atoms with Gasteiger partial charge in [0.1, 0.15) is 11.6 Å². The van der Waals surface area contributed by atoms with Crippen LogP contribution in [0.2, 0.25) is 0 Å². The summed E-state index contributed by atoms with van der Waals surface area (Å²) >= 11 is 0. The molecule has 0 saturated carbocycles. The second kappa shape index (κ2) is 5.28. The van der Waals surface area contributed by atoms with Gasteiger partial charge in [-0.15, -0.1) is 0 Å². The summed E-state index contributed by atoms with van der Waals surface area (Å²) in [6, 6.07) is 13.3. The Morgan fingerprint density at radius 1 is 1.00 bits per heavy atom.